The molecule has 9 heteroatoms. The first-order chi connectivity index (χ1) is 17.7. The molecule has 0 spiro atoms. The van der Waals surface area contributed by atoms with Gasteiger partial charge in [-0.1, -0.05) is 19.9 Å². The molecular formula is C28H38N4O5. The van der Waals surface area contributed by atoms with E-state index in [4.69, 9.17) is 14.5 Å². The van der Waals surface area contributed by atoms with Gasteiger partial charge in [0, 0.05) is 43.6 Å². The summed E-state index contributed by atoms with van der Waals surface area (Å²) < 4.78 is 13.1. The van der Waals surface area contributed by atoms with Crippen LogP contribution in [-0.2, 0) is 27.4 Å². The number of carbonyl (C=O) groups is 1. The Morgan fingerprint density at radius 2 is 2.03 bits per heavy atom. The van der Waals surface area contributed by atoms with Crippen LogP contribution in [0, 0.1) is 18.8 Å². The summed E-state index contributed by atoms with van der Waals surface area (Å²) in [6.07, 6.45) is 2.83. The third kappa shape index (κ3) is 6.66. The molecule has 3 heterocycles. The van der Waals surface area contributed by atoms with Crippen molar-refractivity contribution in [2.75, 3.05) is 19.8 Å². The summed E-state index contributed by atoms with van der Waals surface area (Å²) in [5, 5.41) is 13.3. The fourth-order valence-electron chi connectivity index (χ4n) is 4.62. The summed E-state index contributed by atoms with van der Waals surface area (Å²) in [6.45, 7) is 10.4. The molecule has 0 bridgehead atoms. The van der Waals surface area contributed by atoms with Gasteiger partial charge in [0.1, 0.15) is 11.9 Å². The van der Waals surface area contributed by atoms with Crippen molar-refractivity contribution in [3.8, 4) is 11.4 Å². The maximum atomic E-state index is 12.5. The van der Waals surface area contributed by atoms with Crippen molar-refractivity contribution >= 4 is 17.0 Å². The molecule has 4 rings (SSSR count). The van der Waals surface area contributed by atoms with Crippen LogP contribution in [0.1, 0.15) is 44.7 Å². The quantitative estimate of drug-likeness (QED) is 0.359. The maximum absolute atomic E-state index is 12.5. The van der Waals surface area contributed by atoms with Gasteiger partial charge < -0.3 is 24.1 Å². The first-order valence-electron chi connectivity index (χ1n) is 13.1. The van der Waals surface area contributed by atoms with Crippen molar-refractivity contribution in [1.82, 2.24) is 19.9 Å². The van der Waals surface area contributed by atoms with Crippen molar-refractivity contribution < 1.29 is 19.4 Å². The highest BCUT2D eigenvalue weighted by molar-refractivity contribution is 5.81. The second-order valence-corrected chi connectivity index (χ2v) is 10.4. The van der Waals surface area contributed by atoms with Crippen LogP contribution in [0.15, 0.2) is 35.3 Å². The zero-order valence-electron chi connectivity index (χ0n) is 22.1. The number of nitrogens with zero attached hydrogens (tertiary/aromatic N) is 2. The number of esters is 1. The average molecular weight is 511 g/mol. The van der Waals surface area contributed by atoms with Gasteiger partial charge in [-0.3, -0.25) is 14.9 Å². The first-order valence-corrected chi connectivity index (χ1v) is 13.1. The average Bonchev–Trinajstić information content (AvgIpc) is 3.22. The van der Waals surface area contributed by atoms with E-state index in [1.807, 2.05) is 32.0 Å². The minimum absolute atomic E-state index is 0.108. The molecule has 37 heavy (non-hydrogen) atoms. The second kappa shape index (κ2) is 12.0. The van der Waals surface area contributed by atoms with Crippen LogP contribution in [0.2, 0.25) is 0 Å². The number of pyridine rings is 1. The van der Waals surface area contributed by atoms with E-state index in [0.29, 0.717) is 24.6 Å². The highest BCUT2D eigenvalue weighted by Crippen LogP contribution is 2.28. The van der Waals surface area contributed by atoms with E-state index in [1.54, 1.807) is 20.0 Å². The first kappa shape index (κ1) is 27.0. The largest absolute Gasteiger partial charge is 0.464 e. The third-order valence-corrected chi connectivity index (χ3v) is 6.76. The minimum Gasteiger partial charge on any atom is -0.464 e. The molecule has 2 aromatic heterocycles. The number of benzene rings is 1. The predicted molar refractivity (Wildman–Crippen MR) is 142 cm³/mol. The van der Waals surface area contributed by atoms with Gasteiger partial charge >= 0.3 is 5.97 Å². The Morgan fingerprint density at radius 1 is 1.27 bits per heavy atom. The van der Waals surface area contributed by atoms with Gasteiger partial charge in [0.15, 0.2) is 0 Å². The number of aromatic nitrogens is 3. The van der Waals surface area contributed by atoms with Gasteiger partial charge in [-0.05, 0) is 62.3 Å². The van der Waals surface area contributed by atoms with Crippen molar-refractivity contribution in [2.24, 2.45) is 11.8 Å². The van der Waals surface area contributed by atoms with E-state index in [9.17, 15) is 14.7 Å². The standard InChI is InChI=1S/C28H38N4O5/c1-17(2)16-37-28(35)25(19(4)33)29-13-21-5-6-24-23(12-21)31-26(22-11-18(3)27(34)30-14-22)32(24)15-20-7-9-36-10-8-20/h5-6,11-12,14,17,19-20,25,29,33H,7-10,13,15-16H2,1-4H3,(H,30,34). The lowest BCUT2D eigenvalue weighted by atomic mass is 10.00. The Hall–Kier alpha value is -3.01. The maximum Gasteiger partial charge on any atom is 0.325 e. The highest BCUT2D eigenvalue weighted by Gasteiger charge is 2.25. The lowest BCUT2D eigenvalue weighted by molar-refractivity contribution is -0.150. The van der Waals surface area contributed by atoms with Crippen LogP contribution >= 0.6 is 0 Å². The lowest BCUT2D eigenvalue weighted by Crippen LogP contribution is -2.45. The van der Waals surface area contributed by atoms with Gasteiger partial charge in [0.2, 0.25) is 0 Å². The summed E-state index contributed by atoms with van der Waals surface area (Å²) in [7, 11) is 0. The van der Waals surface area contributed by atoms with E-state index in [2.05, 4.69) is 20.9 Å². The molecule has 2 atom stereocenters. The molecule has 1 aliphatic rings. The molecule has 1 aliphatic heterocycles. The number of hydrogen-bond donors (Lipinski definition) is 3. The van der Waals surface area contributed by atoms with Crippen LogP contribution in [-0.4, -0.2) is 57.6 Å². The number of H-pyrrole nitrogens is 1. The van der Waals surface area contributed by atoms with Crippen molar-refractivity contribution in [1.29, 1.82) is 0 Å². The number of hydrogen-bond acceptors (Lipinski definition) is 7. The van der Waals surface area contributed by atoms with Crippen LogP contribution in [0.5, 0.6) is 0 Å². The molecular weight excluding hydrogens is 472 g/mol. The second-order valence-electron chi connectivity index (χ2n) is 10.4. The SMILES string of the molecule is Cc1cc(-c2nc3cc(CNC(C(=O)OCC(C)C)C(C)O)ccc3n2CC2CCOCC2)c[nH]c1=O. The molecule has 0 aliphatic carbocycles. The fraction of sp³-hybridized carbons (Fsp3) is 0.536. The summed E-state index contributed by atoms with van der Waals surface area (Å²) in [5.74, 6) is 1.06. The van der Waals surface area contributed by atoms with Gasteiger partial charge in [-0.2, -0.15) is 0 Å². The van der Waals surface area contributed by atoms with Gasteiger partial charge in [-0.15, -0.1) is 0 Å². The molecule has 2 unspecified atom stereocenters. The van der Waals surface area contributed by atoms with E-state index in [0.717, 1.165) is 60.6 Å². The normalized spacial score (nSPS) is 16.3. The number of aryl methyl sites for hydroxylation is 1. The van der Waals surface area contributed by atoms with E-state index >= 15 is 0 Å². The van der Waals surface area contributed by atoms with E-state index in [1.165, 1.54) is 0 Å². The van der Waals surface area contributed by atoms with Gasteiger partial charge in [0.25, 0.3) is 5.56 Å². The van der Waals surface area contributed by atoms with E-state index in [-0.39, 0.29) is 11.5 Å². The number of imidazole rings is 1. The number of aliphatic hydroxyl groups excluding tert-OH is 1. The molecule has 0 saturated carbocycles. The fourth-order valence-corrected chi connectivity index (χ4v) is 4.62. The van der Waals surface area contributed by atoms with Crippen LogP contribution in [0.25, 0.3) is 22.4 Å². The number of carbonyl (C=O) groups excluding carboxylic acids is 1. The summed E-state index contributed by atoms with van der Waals surface area (Å²) in [5.41, 5.74) is 4.18. The molecule has 1 saturated heterocycles. The predicted octanol–water partition coefficient (Wildman–Crippen LogP) is 3.16. The number of fused-ring (bicyclic) bond motifs is 1. The van der Waals surface area contributed by atoms with Crippen molar-refractivity contribution in [3.05, 3.63) is 51.9 Å². The number of aromatic amines is 1. The zero-order valence-corrected chi connectivity index (χ0v) is 22.1. The molecule has 1 aromatic carbocycles. The topological polar surface area (TPSA) is 118 Å². The van der Waals surface area contributed by atoms with Gasteiger partial charge in [0.05, 0.1) is 23.7 Å². The number of ether oxygens (including phenoxy) is 2. The molecule has 1 fully saturated rings. The Balaban J connectivity index is 1.61. The minimum atomic E-state index is -0.892. The third-order valence-electron chi connectivity index (χ3n) is 6.76. The van der Waals surface area contributed by atoms with Gasteiger partial charge in [-0.25, -0.2) is 4.98 Å². The number of nitrogens with one attached hydrogen (secondary N) is 2. The Kier molecular flexibility index (Phi) is 8.79. The Morgan fingerprint density at radius 3 is 2.70 bits per heavy atom. The van der Waals surface area contributed by atoms with Crippen LogP contribution in [0.4, 0.5) is 0 Å². The number of aliphatic hydroxyl groups is 1. The molecule has 0 amide bonds. The molecule has 3 aromatic rings. The van der Waals surface area contributed by atoms with Crippen molar-refractivity contribution in [3.63, 3.8) is 0 Å². The Labute approximate surface area is 217 Å². The zero-order chi connectivity index (χ0) is 26.5. The van der Waals surface area contributed by atoms with Crippen LogP contribution in [0.3, 0.4) is 0 Å². The molecule has 0 radical (unpaired) electrons. The van der Waals surface area contributed by atoms with E-state index < -0.39 is 18.1 Å². The summed E-state index contributed by atoms with van der Waals surface area (Å²) in [4.78, 5) is 32.2. The smallest absolute Gasteiger partial charge is 0.325 e. The summed E-state index contributed by atoms with van der Waals surface area (Å²) in [6, 6.07) is 7.12. The number of rotatable bonds is 10. The molecule has 3 N–H and O–H groups in total. The van der Waals surface area contributed by atoms with Crippen LogP contribution < -0.4 is 10.9 Å². The molecule has 200 valence electrons. The van der Waals surface area contributed by atoms with Crippen molar-refractivity contribution in [2.45, 2.75) is 65.8 Å². The lowest BCUT2D eigenvalue weighted by Gasteiger charge is -2.23. The highest BCUT2D eigenvalue weighted by atomic mass is 16.5. The monoisotopic (exact) mass is 510 g/mol. The molecule has 9 nitrogen and oxygen atoms in total. The Bertz CT molecular complexity index is 1270. The summed E-state index contributed by atoms with van der Waals surface area (Å²) >= 11 is 0.